The maximum atomic E-state index is 2.34. The van der Waals surface area contributed by atoms with Gasteiger partial charge >= 0.3 is 0 Å². The topological polar surface area (TPSA) is 0 Å². The van der Waals surface area contributed by atoms with E-state index in [1.165, 1.54) is 42.4 Å². The van der Waals surface area contributed by atoms with E-state index in [4.69, 9.17) is 0 Å². The maximum Gasteiger partial charge on any atom is 0.0433 e. The van der Waals surface area contributed by atoms with Crippen molar-refractivity contribution in [2.75, 3.05) is 0 Å². The molecule has 108 valence electrons. The molecule has 3 aromatic rings. The molecule has 0 saturated carbocycles. The quantitative estimate of drug-likeness (QED) is 0.318. The molecule has 0 N–H and O–H groups in total. The van der Waals surface area contributed by atoms with Crippen LogP contribution in [0.3, 0.4) is 0 Å². The smallest absolute Gasteiger partial charge is 0.0433 e. The minimum atomic E-state index is 1.30. The van der Waals surface area contributed by atoms with Gasteiger partial charge in [0.05, 0.1) is 0 Å². The lowest BCUT2D eigenvalue weighted by Gasteiger charge is -2.12. The Balaban J connectivity index is 2.02. The number of hydrogen-bond acceptors (Lipinski definition) is 1. The van der Waals surface area contributed by atoms with E-state index in [0.717, 1.165) is 0 Å². The van der Waals surface area contributed by atoms with Crippen molar-refractivity contribution in [3.05, 3.63) is 84.9 Å². The average molecular weight is 310 g/mol. The minimum absolute atomic E-state index is 1.30. The highest BCUT2D eigenvalue weighted by Gasteiger charge is 2.19. The molecule has 0 fully saturated rings. The van der Waals surface area contributed by atoms with Crippen molar-refractivity contribution >= 4 is 32.2 Å². The molecule has 0 saturated heterocycles. The third-order valence-corrected chi connectivity index (χ3v) is 5.67. The highest BCUT2D eigenvalue weighted by atomic mass is 32.1. The molecule has 1 heterocycles. The van der Waals surface area contributed by atoms with Gasteiger partial charge in [-0.2, -0.15) is 0 Å². The fraction of sp³-hybridized carbons (Fsp3) is 0. The highest BCUT2D eigenvalue weighted by molar-refractivity contribution is 7.22. The zero-order valence-electron chi connectivity index (χ0n) is 12.5. The van der Waals surface area contributed by atoms with Crippen LogP contribution in [0.15, 0.2) is 84.9 Å². The summed E-state index contributed by atoms with van der Waals surface area (Å²) in [6.45, 7) is 0. The molecular weight excluding hydrogens is 296 g/mol. The van der Waals surface area contributed by atoms with E-state index in [9.17, 15) is 0 Å². The fourth-order valence-corrected chi connectivity index (χ4v) is 4.64. The van der Waals surface area contributed by atoms with Crippen molar-refractivity contribution in [3.8, 4) is 21.6 Å². The number of hydrogen-bond donors (Lipinski definition) is 0. The first-order valence-corrected chi connectivity index (χ1v) is 8.62. The van der Waals surface area contributed by atoms with Crippen LogP contribution in [-0.4, -0.2) is 0 Å². The van der Waals surface area contributed by atoms with E-state index in [-0.39, 0.29) is 0 Å². The molecule has 0 unspecified atom stereocenters. The Morgan fingerprint density at radius 1 is 0.609 bits per heavy atom. The molecule has 0 amide bonds. The van der Waals surface area contributed by atoms with Crippen molar-refractivity contribution in [1.82, 2.24) is 0 Å². The number of fused-ring (bicyclic) bond motifs is 5. The van der Waals surface area contributed by atoms with E-state index in [1.807, 2.05) is 11.3 Å². The molecule has 5 rings (SSSR count). The van der Waals surface area contributed by atoms with Gasteiger partial charge in [0.1, 0.15) is 0 Å². The second kappa shape index (κ2) is 4.94. The summed E-state index contributed by atoms with van der Waals surface area (Å²) >= 11 is 1.89. The van der Waals surface area contributed by atoms with Gasteiger partial charge in [0.2, 0.25) is 0 Å². The van der Waals surface area contributed by atoms with Crippen molar-refractivity contribution in [1.29, 1.82) is 0 Å². The number of rotatable bonds is 1. The Morgan fingerprint density at radius 3 is 2.17 bits per heavy atom. The lowest BCUT2D eigenvalue weighted by molar-refractivity contribution is 1.69. The Morgan fingerprint density at radius 2 is 1.30 bits per heavy atom. The van der Waals surface area contributed by atoms with Gasteiger partial charge in [0.25, 0.3) is 0 Å². The number of benzene rings is 3. The molecule has 2 aliphatic rings. The van der Waals surface area contributed by atoms with Gasteiger partial charge in [-0.05, 0) is 39.4 Å². The van der Waals surface area contributed by atoms with Gasteiger partial charge in [0.15, 0.2) is 0 Å². The molecule has 0 atom stereocenters. The van der Waals surface area contributed by atoms with E-state index < -0.39 is 0 Å². The molecular formula is C22H14S. The molecule has 1 aliphatic heterocycles. The average Bonchev–Trinajstić information content (AvgIpc) is 3.02. The van der Waals surface area contributed by atoms with Crippen LogP contribution in [-0.2, 0) is 0 Å². The lowest BCUT2D eigenvalue weighted by Crippen LogP contribution is -1.84. The predicted molar refractivity (Wildman–Crippen MR) is 101 cm³/mol. The molecule has 1 aliphatic carbocycles. The maximum absolute atomic E-state index is 2.34. The Kier molecular flexibility index (Phi) is 2.76. The summed E-state index contributed by atoms with van der Waals surface area (Å²) in [6, 6.07) is 30.5. The minimum Gasteiger partial charge on any atom is -0.135 e. The molecule has 0 radical (unpaired) electrons. The third-order valence-electron chi connectivity index (χ3n) is 4.45. The zero-order valence-corrected chi connectivity index (χ0v) is 13.3. The van der Waals surface area contributed by atoms with Gasteiger partial charge in [-0.25, -0.2) is 0 Å². The Bertz CT molecular complexity index is 1100. The standard InChI is InChI=1S/C22H14S/c1-2-8-15(9-3-1)22-21-17-11-5-4-10-16(17)14-19(21)18-12-6-7-13-20(18)23-22/h1-14H. The molecule has 23 heavy (non-hydrogen) atoms. The van der Waals surface area contributed by atoms with Crippen LogP contribution in [0, 0.1) is 0 Å². The monoisotopic (exact) mass is 310 g/mol. The van der Waals surface area contributed by atoms with Crippen LogP contribution in [0.25, 0.3) is 42.4 Å². The Labute approximate surface area is 139 Å². The molecule has 1 heteroatoms. The van der Waals surface area contributed by atoms with Crippen LogP contribution in [0.1, 0.15) is 0 Å². The van der Waals surface area contributed by atoms with E-state index in [1.54, 1.807) is 0 Å². The summed E-state index contributed by atoms with van der Waals surface area (Å²) in [7, 11) is 0. The van der Waals surface area contributed by atoms with Gasteiger partial charge in [-0.15, -0.1) is 11.3 Å². The third kappa shape index (κ3) is 1.90. The van der Waals surface area contributed by atoms with Crippen molar-refractivity contribution in [2.24, 2.45) is 0 Å². The van der Waals surface area contributed by atoms with Gasteiger partial charge in [0, 0.05) is 15.1 Å². The lowest BCUT2D eigenvalue weighted by atomic mass is 10.0. The SMILES string of the molecule is c1ccc(-c2sc3ccccc3c3cc4ccccc4c2-3)cc1. The largest absolute Gasteiger partial charge is 0.135 e. The van der Waals surface area contributed by atoms with E-state index in [2.05, 4.69) is 84.9 Å². The van der Waals surface area contributed by atoms with Crippen LogP contribution in [0.4, 0.5) is 0 Å². The summed E-state index contributed by atoms with van der Waals surface area (Å²) in [5.74, 6) is 0. The second-order valence-electron chi connectivity index (χ2n) is 5.81. The van der Waals surface area contributed by atoms with Crippen LogP contribution < -0.4 is 0 Å². The molecule has 3 aromatic carbocycles. The molecule has 0 nitrogen and oxygen atoms in total. The van der Waals surface area contributed by atoms with E-state index in [0.29, 0.717) is 0 Å². The predicted octanol–water partition coefficient (Wildman–Crippen LogP) is 6.83. The van der Waals surface area contributed by atoms with Crippen LogP contribution in [0.5, 0.6) is 0 Å². The van der Waals surface area contributed by atoms with Gasteiger partial charge < -0.3 is 0 Å². The summed E-state index contributed by atoms with van der Waals surface area (Å²) < 4.78 is 1.34. The first-order chi connectivity index (χ1) is 11.4. The summed E-state index contributed by atoms with van der Waals surface area (Å²) in [5, 5.41) is 4.02. The van der Waals surface area contributed by atoms with Crippen LogP contribution in [0.2, 0.25) is 0 Å². The van der Waals surface area contributed by atoms with Gasteiger partial charge in [-0.3, -0.25) is 0 Å². The molecule has 0 aromatic heterocycles. The zero-order chi connectivity index (χ0) is 15.2. The Hall–Kier alpha value is -2.64. The van der Waals surface area contributed by atoms with Crippen molar-refractivity contribution in [3.63, 3.8) is 0 Å². The van der Waals surface area contributed by atoms with Crippen molar-refractivity contribution in [2.45, 2.75) is 0 Å². The van der Waals surface area contributed by atoms with Gasteiger partial charge in [-0.1, -0.05) is 72.8 Å². The fourth-order valence-electron chi connectivity index (χ4n) is 3.41. The first kappa shape index (κ1) is 12.9. The first-order valence-electron chi connectivity index (χ1n) is 7.80. The molecule has 0 spiro atoms. The molecule has 0 bridgehead atoms. The summed E-state index contributed by atoms with van der Waals surface area (Å²) in [5.41, 5.74) is 4.04. The summed E-state index contributed by atoms with van der Waals surface area (Å²) in [4.78, 5) is 1.36. The normalized spacial score (nSPS) is 11.5. The van der Waals surface area contributed by atoms with E-state index >= 15 is 0 Å². The second-order valence-corrected chi connectivity index (χ2v) is 6.87. The van der Waals surface area contributed by atoms with Crippen molar-refractivity contribution < 1.29 is 0 Å². The van der Waals surface area contributed by atoms with Crippen LogP contribution >= 0.6 is 11.3 Å². The highest BCUT2D eigenvalue weighted by Crippen LogP contribution is 2.48. The summed E-state index contributed by atoms with van der Waals surface area (Å²) in [6.07, 6.45) is 0.